The van der Waals surface area contributed by atoms with Crippen LogP contribution in [0.4, 0.5) is 0 Å². The molecule has 0 aliphatic carbocycles. The lowest BCUT2D eigenvalue weighted by molar-refractivity contribution is -0.128. The maximum absolute atomic E-state index is 12.3. The molecule has 154 valence electrons. The largest absolute Gasteiger partial charge is 0.379 e. The molecule has 0 saturated heterocycles. The Hall–Kier alpha value is -1.42. The molecular formula is C19H34IN5O2. The van der Waals surface area contributed by atoms with Crippen LogP contribution in [0.1, 0.15) is 26.5 Å². The molecule has 2 N–H and O–H groups in total. The summed E-state index contributed by atoms with van der Waals surface area (Å²) in [7, 11) is 5.18. The molecule has 1 aromatic heterocycles. The fourth-order valence-corrected chi connectivity index (χ4v) is 2.40. The number of halogens is 1. The van der Waals surface area contributed by atoms with Crippen LogP contribution in [0.15, 0.2) is 29.4 Å². The molecule has 0 saturated carbocycles. The number of carbonyl (C=O) groups excluding carboxylic acids is 1. The first kappa shape index (κ1) is 25.6. The van der Waals surface area contributed by atoms with Gasteiger partial charge >= 0.3 is 0 Å². The molecule has 1 heterocycles. The Morgan fingerprint density at radius 2 is 2.04 bits per heavy atom. The van der Waals surface area contributed by atoms with Crippen LogP contribution in [-0.2, 0) is 16.0 Å². The summed E-state index contributed by atoms with van der Waals surface area (Å²) < 4.78 is 5.52. The first-order chi connectivity index (χ1) is 12.3. The van der Waals surface area contributed by atoms with Crippen molar-refractivity contribution in [2.24, 2.45) is 10.4 Å². The summed E-state index contributed by atoms with van der Waals surface area (Å²) in [6.07, 6.45) is 2.54. The van der Waals surface area contributed by atoms with Gasteiger partial charge < -0.3 is 20.3 Å². The van der Waals surface area contributed by atoms with Gasteiger partial charge in [-0.2, -0.15) is 0 Å². The molecule has 0 aliphatic heterocycles. The van der Waals surface area contributed by atoms with E-state index >= 15 is 0 Å². The summed E-state index contributed by atoms with van der Waals surface area (Å²) in [6.45, 7) is 7.80. The van der Waals surface area contributed by atoms with Gasteiger partial charge in [0.1, 0.15) is 0 Å². The summed E-state index contributed by atoms with van der Waals surface area (Å²) >= 11 is 0. The second-order valence-corrected chi connectivity index (χ2v) is 7.28. The van der Waals surface area contributed by atoms with E-state index in [0.29, 0.717) is 19.0 Å². The van der Waals surface area contributed by atoms with Crippen LogP contribution in [-0.4, -0.2) is 68.7 Å². The molecule has 0 spiro atoms. The van der Waals surface area contributed by atoms with Gasteiger partial charge in [0.05, 0.1) is 12.6 Å². The third kappa shape index (κ3) is 9.90. The lowest BCUT2D eigenvalue weighted by atomic mass is 9.89. The standard InChI is InChI=1S/C19H33N5O2.HI/c1-19(2,3)16(26-6)13-22-18(20-4)23-14-17(25)24(5)12-10-15-9-7-8-11-21-15;/h7-9,11,16H,10,12-14H2,1-6H3,(H2,20,22,23);1H. The zero-order chi connectivity index (χ0) is 19.6. The van der Waals surface area contributed by atoms with Crippen molar-refractivity contribution in [2.45, 2.75) is 33.3 Å². The maximum Gasteiger partial charge on any atom is 0.241 e. The van der Waals surface area contributed by atoms with Gasteiger partial charge in [-0.15, -0.1) is 24.0 Å². The topological polar surface area (TPSA) is 78.9 Å². The average Bonchev–Trinajstić information content (AvgIpc) is 2.62. The van der Waals surface area contributed by atoms with Gasteiger partial charge in [-0.1, -0.05) is 26.8 Å². The number of pyridine rings is 1. The van der Waals surface area contributed by atoms with Crippen LogP contribution < -0.4 is 10.6 Å². The number of nitrogens with zero attached hydrogens (tertiary/aromatic N) is 3. The first-order valence-corrected chi connectivity index (χ1v) is 8.89. The molecule has 1 amide bonds. The van der Waals surface area contributed by atoms with Crippen molar-refractivity contribution in [2.75, 3.05) is 40.8 Å². The highest BCUT2D eigenvalue weighted by molar-refractivity contribution is 14.0. The Morgan fingerprint density at radius 3 is 2.56 bits per heavy atom. The van der Waals surface area contributed by atoms with Crippen molar-refractivity contribution in [1.82, 2.24) is 20.5 Å². The van der Waals surface area contributed by atoms with E-state index in [4.69, 9.17) is 4.74 Å². The van der Waals surface area contributed by atoms with E-state index in [0.717, 1.165) is 12.1 Å². The van der Waals surface area contributed by atoms with Gasteiger partial charge in [-0.25, -0.2) is 0 Å². The summed E-state index contributed by atoms with van der Waals surface area (Å²) in [4.78, 5) is 22.4. The SMILES string of the molecule is CN=C(NCC(=O)N(C)CCc1ccccn1)NCC(OC)C(C)(C)C.I. The number of methoxy groups -OCH3 is 1. The number of rotatable bonds is 8. The van der Waals surface area contributed by atoms with Crippen molar-refractivity contribution in [1.29, 1.82) is 0 Å². The normalized spacial score (nSPS) is 12.7. The minimum absolute atomic E-state index is 0. The van der Waals surface area contributed by atoms with E-state index in [-0.39, 0.29) is 47.9 Å². The van der Waals surface area contributed by atoms with E-state index in [1.54, 1.807) is 32.3 Å². The fourth-order valence-electron chi connectivity index (χ4n) is 2.40. The number of hydrogen-bond donors (Lipinski definition) is 2. The van der Waals surface area contributed by atoms with Crippen LogP contribution in [0.2, 0.25) is 0 Å². The van der Waals surface area contributed by atoms with Crippen molar-refractivity contribution in [3.63, 3.8) is 0 Å². The van der Waals surface area contributed by atoms with Gasteiger partial charge in [0, 0.05) is 52.6 Å². The zero-order valence-electron chi connectivity index (χ0n) is 17.3. The van der Waals surface area contributed by atoms with Gasteiger partial charge in [-0.05, 0) is 17.5 Å². The molecule has 0 aromatic carbocycles. The number of amides is 1. The Morgan fingerprint density at radius 1 is 1.33 bits per heavy atom. The van der Waals surface area contributed by atoms with Crippen LogP contribution in [0.25, 0.3) is 0 Å². The van der Waals surface area contributed by atoms with Gasteiger partial charge in [0.25, 0.3) is 0 Å². The van der Waals surface area contributed by atoms with Crippen molar-refractivity contribution >= 4 is 35.8 Å². The molecule has 8 heteroatoms. The maximum atomic E-state index is 12.3. The number of likely N-dealkylation sites (N-methyl/N-ethyl adjacent to an activating group) is 1. The predicted molar refractivity (Wildman–Crippen MR) is 121 cm³/mol. The van der Waals surface area contributed by atoms with Crippen LogP contribution in [0.5, 0.6) is 0 Å². The molecule has 0 fully saturated rings. The van der Waals surface area contributed by atoms with E-state index < -0.39 is 0 Å². The van der Waals surface area contributed by atoms with Gasteiger partial charge in [0.2, 0.25) is 5.91 Å². The number of hydrogen-bond acceptors (Lipinski definition) is 4. The molecule has 1 atom stereocenters. The number of guanidine groups is 1. The van der Waals surface area contributed by atoms with Gasteiger partial charge in [0.15, 0.2) is 5.96 Å². The molecule has 27 heavy (non-hydrogen) atoms. The van der Waals surface area contributed by atoms with Crippen molar-refractivity contribution in [3.8, 4) is 0 Å². The third-order valence-electron chi connectivity index (χ3n) is 4.19. The monoisotopic (exact) mass is 491 g/mol. The van der Waals surface area contributed by atoms with E-state index in [1.165, 1.54) is 0 Å². The molecule has 1 rings (SSSR count). The number of carbonyl (C=O) groups is 1. The molecule has 1 aromatic rings. The fraction of sp³-hybridized carbons (Fsp3) is 0.632. The molecule has 0 radical (unpaired) electrons. The van der Waals surface area contributed by atoms with E-state index in [2.05, 4.69) is 41.4 Å². The van der Waals surface area contributed by atoms with Gasteiger partial charge in [-0.3, -0.25) is 14.8 Å². The smallest absolute Gasteiger partial charge is 0.241 e. The molecule has 1 unspecified atom stereocenters. The Kier molecular flexibility index (Phi) is 12.2. The second-order valence-electron chi connectivity index (χ2n) is 7.28. The van der Waals surface area contributed by atoms with Crippen LogP contribution >= 0.6 is 24.0 Å². The highest BCUT2D eigenvalue weighted by atomic mass is 127. The summed E-state index contributed by atoms with van der Waals surface area (Å²) in [5, 5.41) is 6.27. The van der Waals surface area contributed by atoms with Crippen LogP contribution in [0, 0.1) is 5.41 Å². The second kappa shape index (κ2) is 12.9. The minimum atomic E-state index is 0. The first-order valence-electron chi connectivity index (χ1n) is 8.89. The molecular weight excluding hydrogens is 457 g/mol. The highest BCUT2D eigenvalue weighted by Gasteiger charge is 2.24. The molecule has 7 nitrogen and oxygen atoms in total. The predicted octanol–water partition coefficient (Wildman–Crippen LogP) is 1.93. The lowest BCUT2D eigenvalue weighted by Crippen LogP contribution is -2.48. The summed E-state index contributed by atoms with van der Waals surface area (Å²) in [5.74, 6) is 0.589. The highest BCUT2D eigenvalue weighted by Crippen LogP contribution is 2.20. The van der Waals surface area contributed by atoms with E-state index in [1.807, 2.05) is 18.2 Å². The van der Waals surface area contributed by atoms with Crippen molar-refractivity contribution < 1.29 is 9.53 Å². The third-order valence-corrected chi connectivity index (χ3v) is 4.19. The molecule has 0 bridgehead atoms. The lowest BCUT2D eigenvalue weighted by Gasteiger charge is -2.30. The Balaban J connectivity index is 0.00000676. The Bertz CT molecular complexity index is 575. The quantitative estimate of drug-likeness (QED) is 0.330. The number of nitrogens with one attached hydrogen (secondary N) is 2. The number of aliphatic imine (C=N–C) groups is 1. The summed E-state index contributed by atoms with van der Waals surface area (Å²) in [5.41, 5.74) is 0.993. The zero-order valence-corrected chi connectivity index (χ0v) is 19.6. The molecule has 0 aliphatic rings. The number of ether oxygens (including phenoxy) is 1. The number of aromatic nitrogens is 1. The summed E-state index contributed by atoms with van der Waals surface area (Å²) in [6, 6.07) is 5.80. The Labute approximate surface area is 180 Å². The van der Waals surface area contributed by atoms with Crippen molar-refractivity contribution in [3.05, 3.63) is 30.1 Å². The van der Waals surface area contributed by atoms with E-state index in [9.17, 15) is 4.79 Å². The minimum Gasteiger partial charge on any atom is -0.379 e. The average molecular weight is 491 g/mol. The van der Waals surface area contributed by atoms with Crippen LogP contribution in [0.3, 0.4) is 0 Å².